The third-order valence-corrected chi connectivity index (χ3v) is 4.06. The average Bonchev–Trinajstić information content (AvgIpc) is 2.88. The number of nitrogens with zero attached hydrogens (tertiary/aromatic N) is 2. The summed E-state index contributed by atoms with van der Waals surface area (Å²) in [6.07, 6.45) is 6.81. The van der Waals surface area contributed by atoms with E-state index in [0.717, 1.165) is 24.3 Å². The van der Waals surface area contributed by atoms with Crippen LogP contribution in [0.3, 0.4) is 0 Å². The normalized spacial score (nSPS) is 31.9. The number of anilines is 1. The van der Waals surface area contributed by atoms with Crippen LogP contribution < -0.4 is 5.32 Å². The van der Waals surface area contributed by atoms with Crippen LogP contribution in [-0.4, -0.2) is 16.5 Å². The number of aromatic nitrogens is 2. The van der Waals surface area contributed by atoms with Gasteiger partial charge in [0.15, 0.2) is 0 Å². The van der Waals surface area contributed by atoms with Crippen LogP contribution in [0.5, 0.6) is 0 Å². The number of hydrogen-bond acceptors (Lipinski definition) is 3. The Morgan fingerprint density at radius 3 is 2.94 bits per heavy atom. The molecular formula is C12H16FN3. The van der Waals surface area contributed by atoms with E-state index in [1.54, 1.807) is 0 Å². The van der Waals surface area contributed by atoms with Crippen LogP contribution >= 0.6 is 0 Å². The first-order valence-electron chi connectivity index (χ1n) is 6.02. The fourth-order valence-corrected chi connectivity index (χ4v) is 3.29. The number of nitrogens with one attached hydrogen (secondary N) is 1. The first kappa shape index (κ1) is 10.00. The Morgan fingerprint density at radius 1 is 1.31 bits per heavy atom. The standard InChI is InChI=1S/C12H16FN3/c13-11-5-12(16-7-15-11)14-6-10-4-8-1-2-9(10)3-8/h5,7-10H,1-4,6H2,(H,14,15,16). The van der Waals surface area contributed by atoms with Crippen molar-refractivity contribution in [2.45, 2.75) is 25.7 Å². The maximum atomic E-state index is 12.8. The van der Waals surface area contributed by atoms with Crippen LogP contribution in [0.4, 0.5) is 10.2 Å². The summed E-state index contributed by atoms with van der Waals surface area (Å²) < 4.78 is 12.8. The number of fused-ring (bicyclic) bond motifs is 2. The second-order valence-electron chi connectivity index (χ2n) is 5.04. The first-order chi connectivity index (χ1) is 7.81. The van der Waals surface area contributed by atoms with Crippen molar-refractivity contribution < 1.29 is 4.39 Å². The first-order valence-corrected chi connectivity index (χ1v) is 6.02. The van der Waals surface area contributed by atoms with Crippen LogP contribution in [-0.2, 0) is 0 Å². The molecule has 0 saturated heterocycles. The molecule has 2 bridgehead atoms. The van der Waals surface area contributed by atoms with Gasteiger partial charge in [0.2, 0.25) is 5.95 Å². The van der Waals surface area contributed by atoms with E-state index in [0.29, 0.717) is 5.82 Å². The van der Waals surface area contributed by atoms with E-state index in [9.17, 15) is 4.39 Å². The van der Waals surface area contributed by atoms with Crippen molar-refractivity contribution in [3.05, 3.63) is 18.3 Å². The third kappa shape index (κ3) is 1.88. The molecule has 1 heterocycles. The molecule has 2 fully saturated rings. The van der Waals surface area contributed by atoms with Gasteiger partial charge in [-0.25, -0.2) is 9.97 Å². The van der Waals surface area contributed by atoms with E-state index >= 15 is 0 Å². The van der Waals surface area contributed by atoms with E-state index in [2.05, 4.69) is 15.3 Å². The van der Waals surface area contributed by atoms with Gasteiger partial charge in [0.25, 0.3) is 0 Å². The predicted molar refractivity (Wildman–Crippen MR) is 59.4 cm³/mol. The second-order valence-corrected chi connectivity index (χ2v) is 5.04. The largest absolute Gasteiger partial charge is 0.370 e. The highest BCUT2D eigenvalue weighted by Gasteiger charge is 2.39. The molecule has 4 heteroatoms. The molecule has 2 saturated carbocycles. The number of hydrogen-bond donors (Lipinski definition) is 1. The van der Waals surface area contributed by atoms with E-state index < -0.39 is 5.95 Å². The molecule has 2 aliphatic carbocycles. The predicted octanol–water partition coefficient (Wildman–Crippen LogP) is 2.46. The fraction of sp³-hybridized carbons (Fsp3) is 0.667. The van der Waals surface area contributed by atoms with Crippen molar-refractivity contribution in [1.29, 1.82) is 0 Å². The van der Waals surface area contributed by atoms with Crippen molar-refractivity contribution in [1.82, 2.24) is 9.97 Å². The summed E-state index contributed by atoms with van der Waals surface area (Å²) in [5.74, 6) is 2.75. The van der Waals surface area contributed by atoms with Crippen molar-refractivity contribution in [3.63, 3.8) is 0 Å². The average molecular weight is 221 g/mol. The Kier molecular flexibility index (Phi) is 2.50. The Hall–Kier alpha value is -1.19. The number of halogens is 1. The molecule has 0 radical (unpaired) electrons. The molecule has 0 spiro atoms. The highest BCUT2D eigenvalue weighted by atomic mass is 19.1. The zero-order chi connectivity index (χ0) is 11.0. The summed E-state index contributed by atoms with van der Waals surface area (Å²) in [5, 5.41) is 3.22. The summed E-state index contributed by atoms with van der Waals surface area (Å²) in [6, 6.07) is 1.35. The lowest BCUT2D eigenvalue weighted by Crippen LogP contribution is -2.20. The highest BCUT2D eigenvalue weighted by Crippen LogP contribution is 2.48. The Bertz CT molecular complexity index is 382. The molecule has 1 N–H and O–H groups in total. The number of rotatable bonds is 3. The quantitative estimate of drug-likeness (QED) is 0.797. The van der Waals surface area contributed by atoms with Crippen LogP contribution in [0.15, 0.2) is 12.4 Å². The van der Waals surface area contributed by atoms with Crippen molar-refractivity contribution in [2.75, 3.05) is 11.9 Å². The molecule has 0 aromatic carbocycles. The minimum absolute atomic E-state index is 0.467. The summed E-state index contributed by atoms with van der Waals surface area (Å²) in [5.41, 5.74) is 0. The molecule has 3 rings (SSSR count). The van der Waals surface area contributed by atoms with Crippen LogP contribution in [0, 0.1) is 23.7 Å². The molecule has 16 heavy (non-hydrogen) atoms. The van der Waals surface area contributed by atoms with Crippen molar-refractivity contribution in [3.8, 4) is 0 Å². The maximum Gasteiger partial charge on any atom is 0.217 e. The third-order valence-electron chi connectivity index (χ3n) is 4.06. The molecule has 86 valence electrons. The zero-order valence-corrected chi connectivity index (χ0v) is 9.19. The topological polar surface area (TPSA) is 37.8 Å². The Labute approximate surface area is 94.5 Å². The Morgan fingerprint density at radius 2 is 2.25 bits per heavy atom. The van der Waals surface area contributed by atoms with E-state index in [1.807, 2.05) is 0 Å². The molecule has 3 atom stereocenters. The van der Waals surface area contributed by atoms with Gasteiger partial charge < -0.3 is 5.32 Å². The fourth-order valence-electron chi connectivity index (χ4n) is 3.29. The summed E-state index contributed by atoms with van der Waals surface area (Å²) in [4.78, 5) is 7.44. The zero-order valence-electron chi connectivity index (χ0n) is 9.19. The van der Waals surface area contributed by atoms with Gasteiger partial charge in [-0.3, -0.25) is 0 Å². The SMILES string of the molecule is Fc1cc(NCC2CC3CCC2C3)ncn1. The molecule has 3 unspecified atom stereocenters. The molecule has 2 aliphatic rings. The van der Waals surface area contributed by atoms with E-state index in [1.165, 1.54) is 38.1 Å². The van der Waals surface area contributed by atoms with Gasteiger partial charge in [-0.1, -0.05) is 6.42 Å². The lowest BCUT2D eigenvalue weighted by Gasteiger charge is -2.21. The summed E-state index contributed by atoms with van der Waals surface area (Å²) >= 11 is 0. The summed E-state index contributed by atoms with van der Waals surface area (Å²) in [7, 11) is 0. The summed E-state index contributed by atoms with van der Waals surface area (Å²) in [6.45, 7) is 0.928. The minimum atomic E-state index is -0.467. The highest BCUT2D eigenvalue weighted by molar-refractivity contribution is 5.32. The van der Waals surface area contributed by atoms with Crippen molar-refractivity contribution in [2.24, 2.45) is 17.8 Å². The van der Waals surface area contributed by atoms with Gasteiger partial charge in [-0.05, 0) is 37.0 Å². The second kappa shape index (κ2) is 4.00. The molecule has 1 aromatic rings. The van der Waals surface area contributed by atoms with Crippen LogP contribution in [0.1, 0.15) is 25.7 Å². The smallest absolute Gasteiger partial charge is 0.217 e. The Balaban J connectivity index is 1.57. The lowest BCUT2D eigenvalue weighted by atomic mass is 9.89. The van der Waals surface area contributed by atoms with Gasteiger partial charge in [0.1, 0.15) is 12.1 Å². The van der Waals surface area contributed by atoms with E-state index in [4.69, 9.17) is 0 Å². The van der Waals surface area contributed by atoms with Gasteiger partial charge in [0.05, 0.1) is 0 Å². The van der Waals surface area contributed by atoms with E-state index in [-0.39, 0.29) is 0 Å². The molecule has 0 aliphatic heterocycles. The van der Waals surface area contributed by atoms with Crippen LogP contribution in [0.2, 0.25) is 0 Å². The van der Waals surface area contributed by atoms with Crippen LogP contribution in [0.25, 0.3) is 0 Å². The van der Waals surface area contributed by atoms with Gasteiger partial charge in [-0.2, -0.15) is 4.39 Å². The molecule has 1 aromatic heterocycles. The van der Waals surface area contributed by atoms with Gasteiger partial charge in [-0.15, -0.1) is 0 Å². The van der Waals surface area contributed by atoms with Crippen molar-refractivity contribution >= 4 is 5.82 Å². The molecule has 3 nitrogen and oxygen atoms in total. The van der Waals surface area contributed by atoms with Gasteiger partial charge >= 0.3 is 0 Å². The van der Waals surface area contributed by atoms with Gasteiger partial charge in [0, 0.05) is 12.6 Å². The molecular weight excluding hydrogens is 205 g/mol. The monoisotopic (exact) mass is 221 g/mol. The maximum absolute atomic E-state index is 12.8. The lowest BCUT2D eigenvalue weighted by molar-refractivity contribution is 0.348. The minimum Gasteiger partial charge on any atom is -0.370 e. The molecule has 0 amide bonds.